The smallest absolute Gasteiger partial charge is 0.273 e. The van der Waals surface area contributed by atoms with Crippen LogP contribution in [-0.4, -0.2) is 24.6 Å². The Morgan fingerprint density at radius 3 is 2.48 bits per heavy atom. The summed E-state index contributed by atoms with van der Waals surface area (Å²) >= 11 is 0. The lowest BCUT2D eigenvalue weighted by Crippen LogP contribution is -2.25. The number of benzene rings is 2. The second-order valence-corrected chi connectivity index (χ2v) is 7.01. The number of ether oxygens (including phenoxy) is 1. The standard InChI is InChI=1S/C23H21F2N3O3/c1-5-22(29)26-16-7-9-20(31-21-8-6-15(24)11-18(21)25)17(12-16)14-10-19(27(2)3)23(30)28(4)13-14/h5-13H,1H2,2-4H3,(H,26,29). The highest BCUT2D eigenvalue weighted by molar-refractivity contribution is 5.99. The van der Waals surface area contributed by atoms with Gasteiger partial charge in [0.1, 0.15) is 17.3 Å². The van der Waals surface area contributed by atoms with Crippen LogP contribution in [0.2, 0.25) is 0 Å². The van der Waals surface area contributed by atoms with Gasteiger partial charge in [-0.15, -0.1) is 0 Å². The normalized spacial score (nSPS) is 10.5. The third-order valence-corrected chi connectivity index (χ3v) is 4.50. The Kier molecular flexibility index (Phi) is 6.20. The van der Waals surface area contributed by atoms with Crippen molar-refractivity contribution < 1.29 is 18.3 Å². The molecule has 0 aliphatic rings. The molecule has 1 aromatic heterocycles. The Bertz CT molecular complexity index is 1220. The number of aryl methyl sites for hydroxylation is 1. The first-order chi connectivity index (χ1) is 14.7. The van der Waals surface area contributed by atoms with Gasteiger partial charge in [-0.05, 0) is 42.5 Å². The predicted molar refractivity (Wildman–Crippen MR) is 117 cm³/mol. The molecule has 1 heterocycles. The molecule has 0 saturated heterocycles. The van der Waals surface area contributed by atoms with Crippen molar-refractivity contribution in [2.75, 3.05) is 24.3 Å². The van der Waals surface area contributed by atoms with E-state index in [0.717, 1.165) is 18.2 Å². The van der Waals surface area contributed by atoms with Gasteiger partial charge in [0.25, 0.3) is 5.56 Å². The minimum Gasteiger partial charge on any atom is -0.454 e. The van der Waals surface area contributed by atoms with E-state index < -0.39 is 17.5 Å². The molecule has 6 nitrogen and oxygen atoms in total. The number of carbonyl (C=O) groups is 1. The number of amides is 1. The molecular formula is C23H21F2N3O3. The maximum atomic E-state index is 14.2. The number of aromatic nitrogens is 1. The molecular weight excluding hydrogens is 404 g/mol. The van der Waals surface area contributed by atoms with Crippen LogP contribution in [0.15, 0.2) is 66.1 Å². The van der Waals surface area contributed by atoms with E-state index in [-0.39, 0.29) is 17.1 Å². The van der Waals surface area contributed by atoms with Crippen molar-refractivity contribution >= 4 is 17.3 Å². The summed E-state index contributed by atoms with van der Waals surface area (Å²) in [6.45, 7) is 3.43. The van der Waals surface area contributed by atoms with Crippen molar-refractivity contribution in [3.63, 3.8) is 0 Å². The number of hydrogen-bond donors (Lipinski definition) is 1. The Labute approximate surface area is 178 Å². The van der Waals surface area contributed by atoms with Crippen LogP contribution < -0.4 is 20.5 Å². The fourth-order valence-corrected chi connectivity index (χ4v) is 2.95. The van der Waals surface area contributed by atoms with Crippen molar-refractivity contribution in [1.82, 2.24) is 4.57 Å². The molecule has 0 atom stereocenters. The summed E-state index contributed by atoms with van der Waals surface area (Å²) in [5.74, 6) is -1.89. The van der Waals surface area contributed by atoms with Gasteiger partial charge in [-0.2, -0.15) is 0 Å². The van der Waals surface area contributed by atoms with E-state index in [2.05, 4.69) is 11.9 Å². The molecule has 0 fully saturated rings. The number of hydrogen-bond acceptors (Lipinski definition) is 4. The third-order valence-electron chi connectivity index (χ3n) is 4.50. The summed E-state index contributed by atoms with van der Waals surface area (Å²) in [6, 6.07) is 9.45. The van der Waals surface area contributed by atoms with Gasteiger partial charge in [-0.25, -0.2) is 8.78 Å². The van der Waals surface area contributed by atoms with Crippen LogP contribution in [0.5, 0.6) is 11.5 Å². The van der Waals surface area contributed by atoms with Gasteiger partial charge in [-0.1, -0.05) is 6.58 Å². The maximum Gasteiger partial charge on any atom is 0.273 e. The molecule has 160 valence electrons. The zero-order valence-corrected chi connectivity index (χ0v) is 17.3. The van der Waals surface area contributed by atoms with Crippen molar-refractivity contribution in [1.29, 1.82) is 0 Å². The molecule has 3 aromatic rings. The second-order valence-electron chi connectivity index (χ2n) is 7.01. The average Bonchev–Trinajstić information content (AvgIpc) is 2.72. The molecule has 2 aromatic carbocycles. The van der Waals surface area contributed by atoms with Gasteiger partial charge < -0.3 is 19.5 Å². The van der Waals surface area contributed by atoms with Crippen LogP contribution in [0, 0.1) is 11.6 Å². The first-order valence-corrected chi connectivity index (χ1v) is 9.28. The molecule has 0 unspecified atom stereocenters. The predicted octanol–water partition coefficient (Wildman–Crippen LogP) is 4.31. The molecule has 8 heteroatoms. The highest BCUT2D eigenvalue weighted by Crippen LogP contribution is 2.37. The summed E-state index contributed by atoms with van der Waals surface area (Å²) in [7, 11) is 5.10. The van der Waals surface area contributed by atoms with E-state index in [1.54, 1.807) is 56.5 Å². The van der Waals surface area contributed by atoms with Gasteiger partial charge in [0.05, 0.1) is 0 Å². The summed E-state index contributed by atoms with van der Waals surface area (Å²) < 4.78 is 34.6. The Hall–Kier alpha value is -3.94. The number of carbonyl (C=O) groups excluding carboxylic acids is 1. The van der Waals surface area contributed by atoms with Crippen LogP contribution >= 0.6 is 0 Å². The summed E-state index contributed by atoms with van der Waals surface area (Å²) in [5.41, 5.74) is 1.77. The van der Waals surface area contributed by atoms with Gasteiger partial charge in [0.15, 0.2) is 11.6 Å². The van der Waals surface area contributed by atoms with E-state index >= 15 is 0 Å². The Morgan fingerprint density at radius 2 is 1.84 bits per heavy atom. The number of nitrogens with zero attached hydrogens (tertiary/aromatic N) is 2. The molecule has 0 saturated carbocycles. The highest BCUT2D eigenvalue weighted by Gasteiger charge is 2.16. The second kappa shape index (κ2) is 8.83. The molecule has 0 radical (unpaired) electrons. The topological polar surface area (TPSA) is 63.6 Å². The maximum absolute atomic E-state index is 14.2. The van der Waals surface area contributed by atoms with Crippen LogP contribution in [0.25, 0.3) is 11.1 Å². The number of rotatable bonds is 6. The molecule has 1 amide bonds. The van der Waals surface area contributed by atoms with E-state index in [1.807, 2.05) is 0 Å². The zero-order valence-electron chi connectivity index (χ0n) is 17.3. The number of nitrogens with one attached hydrogen (secondary N) is 1. The van der Waals surface area contributed by atoms with E-state index in [9.17, 15) is 18.4 Å². The van der Waals surface area contributed by atoms with E-state index in [4.69, 9.17) is 4.74 Å². The largest absolute Gasteiger partial charge is 0.454 e. The van der Waals surface area contributed by atoms with Crippen molar-refractivity contribution in [3.05, 3.63) is 83.3 Å². The minimum absolute atomic E-state index is 0.164. The van der Waals surface area contributed by atoms with Gasteiger partial charge in [0, 0.05) is 50.2 Å². The number of pyridine rings is 1. The van der Waals surface area contributed by atoms with Crippen molar-refractivity contribution in [2.24, 2.45) is 7.05 Å². The van der Waals surface area contributed by atoms with Gasteiger partial charge >= 0.3 is 0 Å². The fraction of sp³-hybridized carbons (Fsp3) is 0.130. The van der Waals surface area contributed by atoms with Crippen LogP contribution in [0.1, 0.15) is 0 Å². The van der Waals surface area contributed by atoms with Crippen LogP contribution in [-0.2, 0) is 11.8 Å². The van der Waals surface area contributed by atoms with E-state index in [0.29, 0.717) is 22.5 Å². The Morgan fingerprint density at radius 1 is 1.13 bits per heavy atom. The summed E-state index contributed by atoms with van der Waals surface area (Å²) in [5, 5.41) is 2.66. The first-order valence-electron chi connectivity index (χ1n) is 9.28. The lowest BCUT2D eigenvalue weighted by molar-refractivity contribution is -0.111. The summed E-state index contributed by atoms with van der Waals surface area (Å²) in [4.78, 5) is 25.8. The first kappa shape index (κ1) is 21.8. The van der Waals surface area contributed by atoms with E-state index in [1.165, 1.54) is 10.6 Å². The quantitative estimate of drug-likeness (QED) is 0.598. The Balaban J connectivity index is 2.17. The van der Waals surface area contributed by atoms with Crippen LogP contribution in [0.4, 0.5) is 20.2 Å². The van der Waals surface area contributed by atoms with Gasteiger partial charge in [0.2, 0.25) is 5.91 Å². The molecule has 31 heavy (non-hydrogen) atoms. The SMILES string of the molecule is C=CC(=O)Nc1ccc(Oc2ccc(F)cc2F)c(-c2cc(N(C)C)c(=O)n(C)c2)c1. The number of anilines is 2. The average molecular weight is 425 g/mol. The van der Waals surface area contributed by atoms with Crippen molar-refractivity contribution in [3.8, 4) is 22.6 Å². The number of halogens is 2. The lowest BCUT2D eigenvalue weighted by atomic mass is 10.0. The third kappa shape index (κ3) is 4.80. The molecule has 0 bridgehead atoms. The molecule has 0 spiro atoms. The molecule has 0 aliphatic carbocycles. The van der Waals surface area contributed by atoms with Crippen molar-refractivity contribution in [2.45, 2.75) is 0 Å². The highest BCUT2D eigenvalue weighted by atomic mass is 19.1. The molecule has 1 N–H and O–H groups in total. The zero-order chi connectivity index (χ0) is 22.7. The van der Waals surface area contributed by atoms with Gasteiger partial charge in [-0.3, -0.25) is 9.59 Å². The summed E-state index contributed by atoms with van der Waals surface area (Å²) in [6.07, 6.45) is 2.74. The lowest BCUT2D eigenvalue weighted by Gasteiger charge is -2.18. The molecule has 0 aliphatic heterocycles. The van der Waals surface area contributed by atoms with Crippen LogP contribution in [0.3, 0.4) is 0 Å². The minimum atomic E-state index is -0.857. The fourth-order valence-electron chi connectivity index (χ4n) is 2.95. The monoisotopic (exact) mass is 425 g/mol. The molecule has 3 rings (SSSR count).